The Hall–Kier alpha value is -2.60. The summed E-state index contributed by atoms with van der Waals surface area (Å²) in [6, 6.07) is 8.50. The van der Waals surface area contributed by atoms with Crippen molar-refractivity contribution in [1.29, 1.82) is 0 Å². The van der Waals surface area contributed by atoms with Gasteiger partial charge in [-0.05, 0) is 67.6 Å². The maximum atomic E-state index is 13.2. The van der Waals surface area contributed by atoms with Crippen molar-refractivity contribution < 1.29 is 153 Å². The van der Waals surface area contributed by atoms with Gasteiger partial charge in [0.1, 0.15) is 26.3 Å². The van der Waals surface area contributed by atoms with Crippen molar-refractivity contribution in [2.75, 3.05) is 11.6 Å². The number of aromatic amines is 1. The van der Waals surface area contributed by atoms with Gasteiger partial charge in [-0.1, -0.05) is 18.2 Å². The summed E-state index contributed by atoms with van der Waals surface area (Å²) in [7, 11) is -9.51. The average molecular weight is 759 g/mol. The number of rotatable bonds is 10. The molecule has 4 rings (SSSR count). The van der Waals surface area contributed by atoms with E-state index in [-0.39, 0.29) is 138 Å². The van der Waals surface area contributed by atoms with Crippen LogP contribution in [-0.2, 0) is 34.6 Å². The molecule has 1 aliphatic heterocycles. The molecule has 0 spiro atoms. The van der Waals surface area contributed by atoms with Gasteiger partial charge in [-0.25, -0.2) is 26.3 Å². The molecule has 242 valence electrons. The van der Waals surface area contributed by atoms with Gasteiger partial charge in [0.25, 0.3) is 17.2 Å². The van der Waals surface area contributed by atoms with Crippen LogP contribution < -0.4 is 113 Å². The number of aliphatic hydroxyl groups is 1. The van der Waals surface area contributed by atoms with E-state index < -0.39 is 59.0 Å². The molecule has 2 heterocycles. The SMILES string of the molecule is CCOC(=O)c1[nH]n(-c2ccc(S(=O)(=O)[O-])cc2)c(=O)c1C=CC=C/C=C1\C(=O)N(c2ccc(S(=O)(=O)[O-])cc2)N=C1C(=O)C#CO.[K+].[K+]. The van der Waals surface area contributed by atoms with Crippen molar-refractivity contribution >= 4 is 55.4 Å². The van der Waals surface area contributed by atoms with Crippen molar-refractivity contribution in [2.45, 2.75) is 16.7 Å². The van der Waals surface area contributed by atoms with Crippen LogP contribution in [0.25, 0.3) is 11.8 Å². The minimum absolute atomic E-state index is 0. The maximum absolute atomic E-state index is 13.2. The van der Waals surface area contributed by atoms with Crippen molar-refractivity contribution in [2.24, 2.45) is 5.10 Å². The Kier molecular flexibility index (Phi) is 15.7. The normalized spacial score (nSPS) is 13.9. The van der Waals surface area contributed by atoms with E-state index in [1.54, 1.807) is 6.92 Å². The second-order valence-electron chi connectivity index (χ2n) is 9.11. The molecule has 2 N–H and O–H groups in total. The predicted molar refractivity (Wildman–Crippen MR) is 161 cm³/mol. The number of aliphatic hydroxyl groups excluding tert-OH is 1. The van der Waals surface area contributed by atoms with Crippen LogP contribution in [0.3, 0.4) is 0 Å². The summed E-state index contributed by atoms with van der Waals surface area (Å²) in [6.07, 6.45) is 7.76. The van der Waals surface area contributed by atoms with E-state index in [2.05, 4.69) is 10.2 Å². The number of carbonyl (C=O) groups is 3. The van der Waals surface area contributed by atoms with Crippen LogP contribution in [-0.4, -0.2) is 70.8 Å². The van der Waals surface area contributed by atoms with Gasteiger partial charge in [0.15, 0.2) is 11.4 Å². The number of hydrogen-bond donors (Lipinski definition) is 2. The van der Waals surface area contributed by atoms with Crippen LogP contribution in [0.4, 0.5) is 5.69 Å². The molecule has 2 aromatic carbocycles. The molecule has 0 atom stereocenters. The number of benzene rings is 2. The van der Waals surface area contributed by atoms with Gasteiger partial charge in [0, 0.05) is 5.92 Å². The molecule has 0 bridgehead atoms. The molecule has 16 nitrogen and oxygen atoms in total. The van der Waals surface area contributed by atoms with Gasteiger partial charge < -0.3 is 18.9 Å². The number of amides is 1. The van der Waals surface area contributed by atoms with Crippen LogP contribution in [0.2, 0.25) is 0 Å². The van der Waals surface area contributed by atoms with E-state index in [9.17, 15) is 45.1 Å². The fraction of sp³-hybridized carbons (Fsp3) is 0.0690. The summed E-state index contributed by atoms with van der Waals surface area (Å²) < 4.78 is 73.3. The smallest absolute Gasteiger partial charge is 0.744 e. The summed E-state index contributed by atoms with van der Waals surface area (Å²) in [5.41, 5.74) is -1.78. The van der Waals surface area contributed by atoms with Gasteiger partial charge in [0.05, 0.1) is 38.9 Å². The van der Waals surface area contributed by atoms with Crippen LogP contribution in [0, 0.1) is 12.0 Å². The zero-order chi connectivity index (χ0) is 34.5. The number of nitrogens with zero attached hydrogens (tertiary/aromatic N) is 3. The number of allylic oxidation sites excluding steroid dienone is 4. The van der Waals surface area contributed by atoms with Gasteiger partial charge in [-0.15, -0.1) is 0 Å². The number of hydrazone groups is 1. The van der Waals surface area contributed by atoms with E-state index in [1.165, 1.54) is 48.6 Å². The summed E-state index contributed by atoms with van der Waals surface area (Å²) >= 11 is 0. The molecule has 1 amide bonds. The Morgan fingerprint density at radius 2 is 1.47 bits per heavy atom. The van der Waals surface area contributed by atoms with Crippen molar-refractivity contribution in [1.82, 2.24) is 9.78 Å². The Bertz CT molecular complexity index is 2240. The third kappa shape index (κ3) is 10.2. The van der Waals surface area contributed by atoms with Crippen molar-refractivity contribution in [3.63, 3.8) is 0 Å². The number of carbonyl (C=O) groups excluding carboxylic acids is 3. The fourth-order valence-electron chi connectivity index (χ4n) is 4.05. The molecule has 49 heavy (non-hydrogen) atoms. The predicted octanol–water partition coefficient (Wildman–Crippen LogP) is -5.04. The van der Waals surface area contributed by atoms with Gasteiger partial charge >= 0.3 is 109 Å². The first kappa shape index (κ1) is 42.6. The van der Waals surface area contributed by atoms with Gasteiger partial charge in [-0.2, -0.15) is 10.1 Å². The molecule has 0 saturated carbocycles. The molecule has 0 unspecified atom stereocenters. The number of aromatic nitrogens is 2. The molecule has 1 aliphatic rings. The minimum atomic E-state index is -4.76. The van der Waals surface area contributed by atoms with E-state index >= 15 is 0 Å². The number of anilines is 1. The Morgan fingerprint density at radius 1 is 0.918 bits per heavy atom. The first-order valence-electron chi connectivity index (χ1n) is 13.0. The quantitative estimate of drug-likeness (QED) is 0.0493. The van der Waals surface area contributed by atoms with E-state index in [0.29, 0.717) is 0 Å². The number of nitrogens with one attached hydrogen (secondary N) is 1. The van der Waals surface area contributed by atoms with Crippen LogP contribution in [0.5, 0.6) is 0 Å². The zero-order valence-electron chi connectivity index (χ0n) is 25.8. The molecule has 20 heteroatoms. The summed E-state index contributed by atoms with van der Waals surface area (Å²) in [6.45, 7) is 1.53. The van der Waals surface area contributed by atoms with Crippen molar-refractivity contribution in [3.05, 3.63) is 100 Å². The number of H-pyrrole nitrogens is 1. The van der Waals surface area contributed by atoms with E-state index in [0.717, 1.165) is 46.1 Å². The van der Waals surface area contributed by atoms with Crippen LogP contribution >= 0.6 is 0 Å². The molecule has 3 aromatic rings. The third-order valence-corrected chi connectivity index (χ3v) is 7.87. The molecule has 0 fully saturated rings. The largest absolute Gasteiger partial charge is 1.00 e. The van der Waals surface area contributed by atoms with Crippen LogP contribution in [0.1, 0.15) is 23.0 Å². The van der Waals surface area contributed by atoms with E-state index in [4.69, 9.17) is 9.84 Å². The number of ether oxygens (including phenoxy) is 1. The van der Waals surface area contributed by atoms with Crippen LogP contribution in [0.15, 0.2) is 98.1 Å². The van der Waals surface area contributed by atoms with Gasteiger partial charge in [0.2, 0.25) is 0 Å². The molecule has 0 radical (unpaired) electrons. The summed E-state index contributed by atoms with van der Waals surface area (Å²) in [4.78, 5) is 50.2. The maximum Gasteiger partial charge on any atom is 1.00 e. The molecule has 1 aromatic heterocycles. The number of hydrogen-bond acceptors (Lipinski definition) is 13. The number of Topliss-reactive ketones (excluding diaryl/α,β-unsaturated/α-hetero) is 1. The average Bonchev–Trinajstić information content (AvgIpc) is 3.52. The first-order valence-corrected chi connectivity index (χ1v) is 15.8. The summed E-state index contributed by atoms with van der Waals surface area (Å²) in [5, 5.41) is 16.1. The fourth-order valence-corrected chi connectivity index (χ4v) is 4.99. The zero-order valence-corrected chi connectivity index (χ0v) is 33.7. The number of ketones is 1. The second kappa shape index (κ2) is 18.1. The monoisotopic (exact) mass is 758 g/mol. The third-order valence-electron chi connectivity index (χ3n) is 6.17. The molecular weight excluding hydrogens is 739 g/mol. The first-order chi connectivity index (χ1) is 22.2. The Balaban J connectivity index is 0.00000417. The Morgan fingerprint density at radius 3 is 1.98 bits per heavy atom. The molecule has 0 aliphatic carbocycles. The van der Waals surface area contributed by atoms with Crippen molar-refractivity contribution in [3.8, 4) is 17.7 Å². The second-order valence-corrected chi connectivity index (χ2v) is 11.9. The Labute approximate surface area is 363 Å². The standard InChI is InChI=1S/C29H22N4O12S2.2K/c1-2-45-29(38)26-23(28(37)33(31-26)19-10-14-21(15-11-19)47(42,43)44)7-5-3-4-6-22-25(24(35)16-17-34)30-32(27(22)36)18-8-12-20(13-9-18)46(39,40)41;;/h3-15,31,34H,2H2,1H3,(H,39,40,41)(H,42,43,44);;/q;2*+1/p-2/b4-3?,7-5?,22-6-;;. The topological polar surface area (TPSA) is 248 Å². The van der Waals surface area contributed by atoms with Gasteiger partial charge in [-0.3, -0.25) is 19.5 Å². The number of esters is 1. The molecule has 0 saturated heterocycles. The minimum Gasteiger partial charge on any atom is -0.744 e. The molecular formula is C29H20K2N4O12S2. The summed E-state index contributed by atoms with van der Waals surface area (Å²) in [5.74, 6) is -0.893. The van der Waals surface area contributed by atoms with E-state index in [1.807, 2.05) is 5.92 Å².